The molecule has 0 saturated carbocycles. The molecule has 1 aliphatic heterocycles. The predicted octanol–water partition coefficient (Wildman–Crippen LogP) is 15.3. The molecule has 2 heteroatoms. The van der Waals surface area contributed by atoms with Gasteiger partial charge in [0.05, 0.1) is 33.2 Å². The molecule has 10 aromatic carbocycles. The Balaban J connectivity index is 1.08. The lowest BCUT2D eigenvalue weighted by atomic mass is 9.65. The number of anilines is 3. The van der Waals surface area contributed by atoms with Crippen LogP contribution in [-0.2, 0) is 10.8 Å². The molecule has 1 unspecified atom stereocenters. The van der Waals surface area contributed by atoms with Crippen LogP contribution in [-0.4, -0.2) is 4.57 Å². The van der Waals surface area contributed by atoms with Gasteiger partial charge in [-0.25, -0.2) is 0 Å². The van der Waals surface area contributed by atoms with Gasteiger partial charge in [-0.3, -0.25) is 0 Å². The van der Waals surface area contributed by atoms with Crippen LogP contribution in [0.15, 0.2) is 243 Å². The summed E-state index contributed by atoms with van der Waals surface area (Å²) in [6.45, 7) is 0. The van der Waals surface area contributed by atoms with Crippen molar-refractivity contribution in [2.24, 2.45) is 0 Å². The van der Waals surface area contributed by atoms with Crippen molar-refractivity contribution in [3.8, 4) is 27.9 Å². The van der Waals surface area contributed by atoms with Crippen molar-refractivity contribution < 1.29 is 0 Å². The quantitative estimate of drug-likeness (QED) is 0.168. The lowest BCUT2D eigenvalue weighted by Gasteiger charge is -2.39. The van der Waals surface area contributed by atoms with E-state index in [0.717, 1.165) is 17.1 Å². The van der Waals surface area contributed by atoms with Gasteiger partial charge in [0.1, 0.15) is 0 Å². The zero-order chi connectivity index (χ0) is 42.0. The molecule has 1 aromatic heterocycles. The number of para-hydroxylation sites is 4. The molecule has 0 amide bonds. The highest BCUT2D eigenvalue weighted by molar-refractivity contribution is 6.13. The molecule has 2 heterocycles. The maximum atomic E-state index is 2.52. The molecule has 2 nitrogen and oxygen atoms in total. The third-order valence-electron chi connectivity index (χ3n) is 14.7. The number of nitrogens with zero attached hydrogens (tertiary/aromatic N) is 2. The largest absolute Gasteiger partial charge is 0.310 e. The molecule has 0 bridgehead atoms. The van der Waals surface area contributed by atoms with Crippen LogP contribution in [0.3, 0.4) is 0 Å². The lowest BCUT2D eigenvalue weighted by molar-refractivity contribution is 0.748. The minimum Gasteiger partial charge on any atom is -0.310 e. The Kier molecular flexibility index (Phi) is 7.28. The van der Waals surface area contributed by atoms with Gasteiger partial charge in [0.25, 0.3) is 0 Å². The molecule has 2 aliphatic carbocycles. The molecule has 1 atom stereocenters. The van der Waals surface area contributed by atoms with Crippen molar-refractivity contribution in [2.45, 2.75) is 10.8 Å². The number of aromatic nitrogens is 1. The van der Waals surface area contributed by atoms with E-state index in [4.69, 9.17) is 0 Å². The molecule has 1 spiro atoms. The zero-order valence-electron chi connectivity index (χ0n) is 35.0. The first kappa shape index (κ1) is 35.4. The summed E-state index contributed by atoms with van der Waals surface area (Å²) in [6, 6.07) is 90.7. The van der Waals surface area contributed by atoms with Gasteiger partial charge in [0.2, 0.25) is 0 Å². The fourth-order valence-electron chi connectivity index (χ4n) is 12.4. The average Bonchev–Trinajstić information content (AvgIpc) is 3.98. The van der Waals surface area contributed by atoms with Crippen LogP contribution in [0.4, 0.5) is 17.1 Å². The standard InChI is InChI=1S/C62H40N2/c1-4-20-41(21-5-1)61(42-22-6-2-7-23-42)50-30-13-10-26-45(50)46-39-38-44(40-55(46)61)63(43-24-8-3-9-25-43)58-37-19-33-53-59(58)49-28-11-14-31-51(49)62(53)52-32-15-17-36-57(52)64-56-35-16-12-27-47(56)48-29-18-34-54(62)60(48)64/h1-40H. The highest BCUT2D eigenvalue weighted by Crippen LogP contribution is 2.64. The third kappa shape index (κ3) is 4.39. The smallest absolute Gasteiger partial charge is 0.0755 e. The Morgan fingerprint density at radius 2 is 0.875 bits per heavy atom. The molecule has 64 heavy (non-hydrogen) atoms. The van der Waals surface area contributed by atoms with Crippen molar-refractivity contribution in [3.05, 3.63) is 287 Å². The van der Waals surface area contributed by atoms with E-state index in [1.807, 2.05) is 0 Å². The minimum atomic E-state index is -0.555. The van der Waals surface area contributed by atoms with Crippen molar-refractivity contribution in [1.29, 1.82) is 0 Å². The fourth-order valence-corrected chi connectivity index (χ4v) is 12.4. The number of rotatable bonds is 5. The van der Waals surface area contributed by atoms with E-state index in [1.165, 1.54) is 94.3 Å². The molecule has 0 N–H and O–H groups in total. The van der Waals surface area contributed by atoms with E-state index in [1.54, 1.807) is 0 Å². The molecular formula is C62H40N2. The lowest BCUT2D eigenvalue weighted by Crippen LogP contribution is -2.33. The van der Waals surface area contributed by atoms with Gasteiger partial charge in [-0.1, -0.05) is 200 Å². The van der Waals surface area contributed by atoms with E-state index in [-0.39, 0.29) is 0 Å². The molecule has 3 aliphatic rings. The summed E-state index contributed by atoms with van der Waals surface area (Å²) in [5, 5.41) is 2.57. The van der Waals surface area contributed by atoms with E-state index in [0.29, 0.717) is 0 Å². The van der Waals surface area contributed by atoms with Crippen LogP contribution >= 0.6 is 0 Å². The van der Waals surface area contributed by atoms with Gasteiger partial charge in [-0.2, -0.15) is 0 Å². The summed E-state index contributed by atoms with van der Waals surface area (Å²) in [4.78, 5) is 2.52. The molecular weight excluding hydrogens is 773 g/mol. The number of hydrogen-bond acceptors (Lipinski definition) is 1. The second kappa shape index (κ2) is 13.2. The number of fused-ring (bicyclic) bond motifs is 15. The van der Waals surface area contributed by atoms with E-state index in [2.05, 4.69) is 252 Å². The molecule has 11 aromatic rings. The normalized spacial score (nSPS) is 15.7. The van der Waals surface area contributed by atoms with Gasteiger partial charge in [-0.05, 0) is 104 Å². The first-order valence-corrected chi connectivity index (χ1v) is 22.4. The minimum absolute atomic E-state index is 0.523. The maximum absolute atomic E-state index is 2.52. The fraction of sp³-hybridized carbons (Fsp3) is 0.0323. The first-order valence-electron chi connectivity index (χ1n) is 22.4. The molecule has 14 rings (SSSR count). The predicted molar refractivity (Wildman–Crippen MR) is 264 cm³/mol. The SMILES string of the molecule is c1ccc(N(c2ccc3c(c2)C(c2ccccc2)(c2ccccc2)c2ccccc2-3)c2cccc3c2-c2ccccc2C32c3ccccc3-n3c4ccccc4c4cccc2c43)cc1. The second-order valence-corrected chi connectivity index (χ2v) is 17.5. The van der Waals surface area contributed by atoms with Gasteiger partial charge in [-0.15, -0.1) is 0 Å². The highest BCUT2D eigenvalue weighted by atomic mass is 15.1. The highest BCUT2D eigenvalue weighted by Gasteiger charge is 2.52. The average molecular weight is 813 g/mol. The Hall–Kier alpha value is -8.20. The number of benzene rings is 10. The zero-order valence-corrected chi connectivity index (χ0v) is 35.0. The van der Waals surface area contributed by atoms with Crippen molar-refractivity contribution in [3.63, 3.8) is 0 Å². The summed E-state index contributed by atoms with van der Waals surface area (Å²) in [5.41, 5.74) is 21.5. The topological polar surface area (TPSA) is 8.17 Å². The molecule has 298 valence electrons. The first-order chi connectivity index (χ1) is 31.8. The summed E-state index contributed by atoms with van der Waals surface area (Å²) in [6.07, 6.45) is 0. The van der Waals surface area contributed by atoms with E-state index in [9.17, 15) is 0 Å². The third-order valence-corrected chi connectivity index (χ3v) is 14.7. The monoisotopic (exact) mass is 812 g/mol. The van der Waals surface area contributed by atoms with Crippen LogP contribution in [0.25, 0.3) is 49.7 Å². The van der Waals surface area contributed by atoms with Crippen LogP contribution in [0.5, 0.6) is 0 Å². The number of hydrogen-bond donors (Lipinski definition) is 0. The molecule has 0 radical (unpaired) electrons. The van der Waals surface area contributed by atoms with Gasteiger partial charge in [0.15, 0.2) is 0 Å². The molecule has 0 saturated heterocycles. The summed E-state index contributed by atoms with van der Waals surface area (Å²) >= 11 is 0. The van der Waals surface area contributed by atoms with Crippen molar-refractivity contribution >= 4 is 38.9 Å². The van der Waals surface area contributed by atoms with E-state index < -0.39 is 10.8 Å². The van der Waals surface area contributed by atoms with Gasteiger partial charge < -0.3 is 9.47 Å². The van der Waals surface area contributed by atoms with E-state index >= 15 is 0 Å². The Morgan fingerprint density at radius 1 is 0.328 bits per heavy atom. The Labute approximate surface area is 372 Å². The van der Waals surface area contributed by atoms with Crippen LogP contribution < -0.4 is 4.90 Å². The summed E-state index contributed by atoms with van der Waals surface area (Å²) in [7, 11) is 0. The second-order valence-electron chi connectivity index (χ2n) is 17.5. The van der Waals surface area contributed by atoms with Crippen molar-refractivity contribution in [2.75, 3.05) is 4.90 Å². The van der Waals surface area contributed by atoms with Crippen LogP contribution in [0.1, 0.15) is 44.5 Å². The Morgan fingerprint density at radius 3 is 1.64 bits per heavy atom. The van der Waals surface area contributed by atoms with Crippen molar-refractivity contribution in [1.82, 2.24) is 4.57 Å². The van der Waals surface area contributed by atoms with Gasteiger partial charge >= 0.3 is 0 Å². The summed E-state index contributed by atoms with van der Waals surface area (Å²) < 4.78 is 2.52. The molecule has 0 fully saturated rings. The Bertz CT molecular complexity index is 3640. The summed E-state index contributed by atoms with van der Waals surface area (Å²) in [5.74, 6) is 0. The van der Waals surface area contributed by atoms with Gasteiger partial charge in [0, 0.05) is 27.7 Å². The van der Waals surface area contributed by atoms with Crippen LogP contribution in [0.2, 0.25) is 0 Å². The van der Waals surface area contributed by atoms with Crippen LogP contribution in [0, 0.1) is 0 Å². The maximum Gasteiger partial charge on any atom is 0.0755 e.